The SMILES string of the molecule is Cc1nnc2c(NCCc3ncn(C)n3)nccn12. The summed E-state index contributed by atoms with van der Waals surface area (Å²) in [6, 6.07) is 0. The van der Waals surface area contributed by atoms with E-state index in [1.807, 2.05) is 24.6 Å². The van der Waals surface area contributed by atoms with Crippen LogP contribution in [0.5, 0.6) is 0 Å². The molecule has 1 N–H and O–H groups in total. The summed E-state index contributed by atoms with van der Waals surface area (Å²) in [6.45, 7) is 2.60. The lowest BCUT2D eigenvalue weighted by Gasteiger charge is -2.04. The number of fused-ring (bicyclic) bond motifs is 1. The van der Waals surface area contributed by atoms with Crippen molar-refractivity contribution >= 4 is 11.5 Å². The molecular formula is C11H14N8. The third kappa shape index (κ3) is 2.24. The molecule has 3 aromatic heterocycles. The van der Waals surface area contributed by atoms with Gasteiger partial charge in [0, 0.05) is 32.4 Å². The van der Waals surface area contributed by atoms with E-state index in [1.165, 1.54) is 0 Å². The van der Waals surface area contributed by atoms with Crippen molar-refractivity contribution in [3.05, 3.63) is 30.4 Å². The van der Waals surface area contributed by atoms with Crippen LogP contribution >= 0.6 is 0 Å². The van der Waals surface area contributed by atoms with Crippen LogP contribution in [-0.2, 0) is 13.5 Å². The van der Waals surface area contributed by atoms with Gasteiger partial charge in [-0.15, -0.1) is 10.2 Å². The standard InChI is InChI=1S/C11H14N8/c1-8-15-16-11-10(13-5-6-19(8)11)12-4-3-9-14-7-18(2)17-9/h5-7H,3-4H2,1-2H3,(H,12,13). The van der Waals surface area contributed by atoms with Crippen LogP contribution in [0.2, 0.25) is 0 Å². The van der Waals surface area contributed by atoms with Gasteiger partial charge in [-0.25, -0.2) is 9.97 Å². The van der Waals surface area contributed by atoms with Crippen molar-refractivity contribution in [3.8, 4) is 0 Å². The molecule has 3 aromatic rings. The van der Waals surface area contributed by atoms with Gasteiger partial charge < -0.3 is 5.32 Å². The Morgan fingerprint density at radius 1 is 1.26 bits per heavy atom. The molecule has 98 valence electrons. The van der Waals surface area contributed by atoms with Crippen LogP contribution in [0.1, 0.15) is 11.6 Å². The van der Waals surface area contributed by atoms with Crippen molar-refractivity contribution in [2.45, 2.75) is 13.3 Å². The topological polar surface area (TPSA) is 85.8 Å². The Kier molecular flexibility index (Phi) is 2.82. The molecule has 19 heavy (non-hydrogen) atoms. The molecule has 0 unspecified atom stereocenters. The largest absolute Gasteiger partial charge is 0.366 e. The average molecular weight is 258 g/mol. The molecule has 3 rings (SSSR count). The summed E-state index contributed by atoms with van der Waals surface area (Å²) < 4.78 is 3.59. The van der Waals surface area contributed by atoms with Crippen LogP contribution in [0.15, 0.2) is 18.7 Å². The van der Waals surface area contributed by atoms with Gasteiger partial charge in [-0.2, -0.15) is 5.10 Å². The molecular weight excluding hydrogens is 244 g/mol. The average Bonchev–Trinajstić information content (AvgIpc) is 2.98. The second kappa shape index (κ2) is 4.63. The van der Waals surface area contributed by atoms with Gasteiger partial charge in [-0.05, 0) is 6.92 Å². The Balaban J connectivity index is 1.71. The Hall–Kier alpha value is -2.51. The van der Waals surface area contributed by atoms with E-state index in [0.29, 0.717) is 6.54 Å². The van der Waals surface area contributed by atoms with Crippen molar-refractivity contribution in [3.63, 3.8) is 0 Å². The third-order valence-corrected chi connectivity index (χ3v) is 2.79. The maximum absolute atomic E-state index is 4.28. The van der Waals surface area contributed by atoms with E-state index in [1.54, 1.807) is 17.2 Å². The molecule has 8 heteroatoms. The van der Waals surface area contributed by atoms with Crippen LogP contribution in [0.4, 0.5) is 5.82 Å². The number of rotatable bonds is 4. The number of nitrogens with zero attached hydrogens (tertiary/aromatic N) is 7. The number of anilines is 1. The van der Waals surface area contributed by atoms with Gasteiger partial charge in [-0.1, -0.05) is 0 Å². The Morgan fingerprint density at radius 2 is 2.16 bits per heavy atom. The first-order valence-electron chi connectivity index (χ1n) is 5.99. The lowest BCUT2D eigenvalue weighted by molar-refractivity contribution is 0.741. The molecule has 3 heterocycles. The summed E-state index contributed by atoms with van der Waals surface area (Å²) >= 11 is 0. The van der Waals surface area contributed by atoms with Gasteiger partial charge in [0.25, 0.3) is 0 Å². The predicted molar refractivity (Wildman–Crippen MR) is 68.7 cm³/mol. The molecule has 0 aliphatic carbocycles. The summed E-state index contributed by atoms with van der Waals surface area (Å²) in [7, 11) is 1.85. The zero-order valence-electron chi connectivity index (χ0n) is 10.8. The van der Waals surface area contributed by atoms with E-state index in [-0.39, 0.29) is 0 Å². The number of hydrogen-bond donors (Lipinski definition) is 1. The second-order valence-electron chi connectivity index (χ2n) is 4.23. The number of nitrogens with one attached hydrogen (secondary N) is 1. The minimum absolute atomic E-state index is 0.697. The molecule has 0 aliphatic heterocycles. The zero-order valence-corrected chi connectivity index (χ0v) is 10.8. The highest BCUT2D eigenvalue weighted by atomic mass is 15.3. The van der Waals surface area contributed by atoms with Crippen LogP contribution in [0.25, 0.3) is 5.65 Å². The van der Waals surface area contributed by atoms with Gasteiger partial charge >= 0.3 is 0 Å². The first kappa shape index (κ1) is 11.6. The molecule has 0 fully saturated rings. The highest BCUT2D eigenvalue weighted by molar-refractivity contribution is 5.61. The lowest BCUT2D eigenvalue weighted by atomic mass is 10.4. The number of aryl methyl sites for hydroxylation is 2. The van der Waals surface area contributed by atoms with Crippen molar-refractivity contribution < 1.29 is 0 Å². The first-order chi connectivity index (χ1) is 9.24. The van der Waals surface area contributed by atoms with Crippen LogP contribution in [-0.4, -0.2) is 40.9 Å². The highest BCUT2D eigenvalue weighted by Gasteiger charge is 2.07. The van der Waals surface area contributed by atoms with Crippen LogP contribution in [0.3, 0.4) is 0 Å². The molecule has 0 spiro atoms. The Morgan fingerprint density at radius 3 is 2.95 bits per heavy atom. The van der Waals surface area contributed by atoms with Crippen LogP contribution in [0, 0.1) is 6.92 Å². The summed E-state index contributed by atoms with van der Waals surface area (Å²) in [6.07, 6.45) is 5.99. The minimum atomic E-state index is 0.697. The maximum atomic E-state index is 4.28. The normalized spacial score (nSPS) is 11.1. The summed E-state index contributed by atoms with van der Waals surface area (Å²) in [5, 5.41) is 15.6. The highest BCUT2D eigenvalue weighted by Crippen LogP contribution is 2.11. The second-order valence-corrected chi connectivity index (χ2v) is 4.23. The summed E-state index contributed by atoms with van der Waals surface area (Å²) in [4.78, 5) is 8.45. The van der Waals surface area contributed by atoms with E-state index >= 15 is 0 Å². The molecule has 0 aliphatic rings. The molecule has 0 bridgehead atoms. The minimum Gasteiger partial charge on any atom is -0.366 e. The molecule has 0 saturated heterocycles. The molecule has 0 atom stereocenters. The van der Waals surface area contributed by atoms with Crippen LogP contribution < -0.4 is 5.32 Å². The van der Waals surface area contributed by atoms with Gasteiger partial charge in [-0.3, -0.25) is 9.08 Å². The summed E-state index contributed by atoms with van der Waals surface area (Å²) in [5.74, 6) is 2.37. The number of hydrogen-bond acceptors (Lipinski definition) is 6. The van der Waals surface area contributed by atoms with E-state index < -0.39 is 0 Å². The first-order valence-corrected chi connectivity index (χ1v) is 5.99. The van der Waals surface area contributed by atoms with Crippen molar-refractivity contribution in [1.29, 1.82) is 0 Å². The van der Waals surface area contributed by atoms with Gasteiger partial charge in [0.2, 0.25) is 5.65 Å². The molecule has 0 saturated carbocycles. The molecule has 0 aromatic carbocycles. The van der Waals surface area contributed by atoms with E-state index in [4.69, 9.17) is 0 Å². The Bertz CT molecular complexity index is 698. The van der Waals surface area contributed by atoms with E-state index in [9.17, 15) is 0 Å². The number of aromatic nitrogens is 7. The fourth-order valence-corrected chi connectivity index (χ4v) is 1.86. The fourth-order valence-electron chi connectivity index (χ4n) is 1.86. The lowest BCUT2D eigenvalue weighted by Crippen LogP contribution is -2.09. The van der Waals surface area contributed by atoms with Gasteiger partial charge in [0.15, 0.2) is 11.6 Å². The molecule has 0 amide bonds. The van der Waals surface area contributed by atoms with E-state index in [2.05, 4.69) is 30.6 Å². The van der Waals surface area contributed by atoms with Gasteiger partial charge in [0.05, 0.1) is 0 Å². The Labute approximate surface area is 109 Å². The fraction of sp³-hybridized carbons (Fsp3) is 0.364. The zero-order chi connectivity index (χ0) is 13.2. The maximum Gasteiger partial charge on any atom is 0.203 e. The van der Waals surface area contributed by atoms with Gasteiger partial charge in [0.1, 0.15) is 12.2 Å². The molecule has 8 nitrogen and oxygen atoms in total. The van der Waals surface area contributed by atoms with Crippen molar-refractivity contribution in [2.24, 2.45) is 7.05 Å². The van der Waals surface area contributed by atoms with Crippen molar-refractivity contribution in [2.75, 3.05) is 11.9 Å². The third-order valence-electron chi connectivity index (χ3n) is 2.79. The monoisotopic (exact) mass is 258 g/mol. The van der Waals surface area contributed by atoms with Crippen molar-refractivity contribution in [1.82, 2.24) is 34.3 Å². The van der Waals surface area contributed by atoms with E-state index in [0.717, 1.165) is 29.5 Å². The quantitative estimate of drug-likeness (QED) is 0.720. The summed E-state index contributed by atoms with van der Waals surface area (Å²) in [5.41, 5.74) is 0.731. The molecule has 0 radical (unpaired) electrons. The smallest absolute Gasteiger partial charge is 0.203 e. The predicted octanol–water partition coefficient (Wildman–Crippen LogP) is 0.216.